The van der Waals surface area contributed by atoms with Gasteiger partial charge in [-0.1, -0.05) is 6.07 Å². The molecule has 3 rings (SSSR count). The number of ether oxygens (including phenoxy) is 1. The van der Waals surface area contributed by atoms with Crippen molar-refractivity contribution in [2.24, 2.45) is 0 Å². The van der Waals surface area contributed by atoms with Crippen molar-refractivity contribution in [1.29, 1.82) is 0 Å². The average molecular weight is 381 g/mol. The zero-order valence-electron chi connectivity index (χ0n) is 15.8. The fourth-order valence-electron chi connectivity index (χ4n) is 3.12. The van der Waals surface area contributed by atoms with Crippen molar-refractivity contribution in [2.75, 3.05) is 6.61 Å². The third kappa shape index (κ3) is 4.55. The minimum absolute atomic E-state index is 0.00705. The molecule has 0 radical (unpaired) electrons. The van der Waals surface area contributed by atoms with Gasteiger partial charge < -0.3 is 9.30 Å². The Kier molecular flexibility index (Phi) is 5.91. The predicted molar refractivity (Wildman–Crippen MR) is 108 cm³/mol. The summed E-state index contributed by atoms with van der Waals surface area (Å²) in [6.07, 6.45) is 0.959. The van der Waals surface area contributed by atoms with Gasteiger partial charge in [-0.25, -0.2) is 0 Å². The van der Waals surface area contributed by atoms with E-state index in [2.05, 4.69) is 22.1 Å². The van der Waals surface area contributed by atoms with E-state index >= 15 is 0 Å². The molecule has 2 heterocycles. The van der Waals surface area contributed by atoms with Crippen molar-refractivity contribution in [3.63, 3.8) is 0 Å². The van der Waals surface area contributed by atoms with E-state index in [1.807, 2.05) is 19.9 Å². The maximum atomic E-state index is 12.6. The first-order chi connectivity index (χ1) is 13.0. The van der Waals surface area contributed by atoms with Crippen LogP contribution in [-0.2, 0) is 13.0 Å². The summed E-state index contributed by atoms with van der Waals surface area (Å²) < 4.78 is 7.80. The SMILES string of the molecule is CC(=O)c1ccc(OCC(=O)c2cc(C)n(CCc3cccs3)c2C)cc1. The Balaban J connectivity index is 1.64. The molecular weight excluding hydrogens is 358 g/mol. The molecule has 0 fully saturated rings. The maximum absolute atomic E-state index is 12.6. The number of ketones is 2. The van der Waals surface area contributed by atoms with E-state index in [1.165, 1.54) is 11.8 Å². The number of hydrogen-bond acceptors (Lipinski definition) is 4. The van der Waals surface area contributed by atoms with Gasteiger partial charge >= 0.3 is 0 Å². The molecular formula is C22H23NO3S. The summed E-state index contributed by atoms with van der Waals surface area (Å²) >= 11 is 1.75. The van der Waals surface area contributed by atoms with Crippen molar-refractivity contribution in [3.8, 4) is 5.75 Å². The quantitative estimate of drug-likeness (QED) is 0.523. The second-order valence-corrected chi connectivity index (χ2v) is 7.59. The lowest BCUT2D eigenvalue weighted by Gasteiger charge is -2.09. The highest BCUT2D eigenvalue weighted by Gasteiger charge is 2.16. The molecule has 1 aromatic carbocycles. The summed E-state index contributed by atoms with van der Waals surface area (Å²) in [4.78, 5) is 25.3. The molecule has 27 heavy (non-hydrogen) atoms. The fourth-order valence-corrected chi connectivity index (χ4v) is 3.82. The molecule has 0 unspecified atom stereocenters. The van der Waals surface area contributed by atoms with Crippen molar-refractivity contribution in [1.82, 2.24) is 4.57 Å². The summed E-state index contributed by atoms with van der Waals surface area (Å²) in [5, 5.41) is 2.08. The zero-order valence-corrected chi connectivity index (χ0v) is 16.6. The summed E-state index contributed by atoms with van der Waals surface area (Å²) in [6.45, 7) is 6.37. The van der Waals surface area contributed by atoms with Crippen LogP contribution in [0.5, 0.6) is 5.75 Å². The molecule has 0 amide bonds. The Hall–Kier alpha value is -2.66. The lowest BCUT2D eigenvalue weighted by Crippen LogP contribution is -2.13. The standard InChI is InChI=1S/C22H23NO3S/c1-15-13-21(16(2)23(15)11-10-20-5-4-12-27-20)22(25)14-26-19-8-6-18(7-9-19)17(3)24/h4-9,12-13H,10-11,14H2,1-3H3. The third-order valence-corrected chi connectivity index (χ3v) is 5.60. The number of carbonyl (C=O) groups excluding carboxylic acids is 2. The topological polar surface area (TPSA) is 48.3 Å². The molecule has 2 aromatic heterocycles. The van der Waals surface area contributed by atoms with Gasteiger partial charge in [0, 0.05) is 33.9 Å². The molecule has 0 saturated heterocycles. The smallest absolute Gasteiger partial charge is 0.202 e. The van der Waals surface area contributed by atoms with E-state index in [0.29, 0.717) is 16.9 Å². The van der Waals surface area contributed by atoms with Crippen molar-refractivity contribution in [3.05, 3.63) is 75.2 Å². The highest BCUT2D eigenvalue weighted by molar-refractivity contribution is 7.09. The number of thiophene rings is 1. The first-order valence-corrected chi connectivity index (χ1v) is 9.80. The molecule has 0 atom stereocenters. The third-order valence-electron chi connectivity index (χ3n) is 4.67. The van der Waals surface area contributed by atoms with Crippen molar-refractivity contribution < 1.29 is 14.3 Å². The predicted octanol–water partition coefficient (Wildman–Crippen LogP) is 4.87. The average Bonchev–Trinajstić information content (AvgIpc) is 3.27. The molecule has 0 bridgehead atoms. The summed E-state index contributed by atoms with van der Waals surface area (Å²) in [5.41, 5.74) is 3.39. The van der Waals surface area contributed by atoms with E-state index in [4.69, 9.17) is 4.74 Å². The molecule has 0 N–H and O–H groups in total. The zero-order chi connectivity index (χ0) is 19.4. The van der Waals surface area contributed by atoms with E-state index in [1.54, 1.807) is 35.6 Å². The second-order valence-electron chi connectivity index (χ2n) is 6.56. The molecule has 3 aromatic rings. The molecule has 0 aliphatic carbocycles. The van der Waals surface area contributed by atoms with Gasteiger partial charge in [0.1, 0.15) is 5.75 Å². The van der Waals surface area contributed by atoms with Crippen molar-refractivity contribution >= 4 is 22.9 Å². The van der Waals surface area contributed by atoms with Crippen LogP contribution in [-0.4, -0.2) is 22.7 Å². The number of aromatic nitrogens is 1. The van der Waals surface area contributed by atoms with Crippen LogP contribution < -0.4 is 4.74 Å². The Morgan fingerprint density at radius 2 is 1.85 bits per heavy atom. The van der Waals surface area contributed by atoms with Crippen molar-refractivity contribution in [2.45, 2.75) is 33.7 Å². The van der Waals surface area contributed by atoms with E-state index < -0.39 is 0 Å². The molecule has 0 spiro atoms. The van der Waals surface area contributed by atoms with Crippen LogP contribution in [0.3, 0.4) is 0 Å². The minimum atomic E-state index is -0.0406. The number of aryl methyl sites for hydroxylation is 2. The highest BCUT2D eigenvalue weighted by Crippen LogP contribution is 2.19. The first-order valence-electron chi connectivity index (χ1n) is 8.92. The normalized spacial score (nSPS) is 10.8. The van der Waals surface area contributed by atoms with Gasteiger partial charge in [-0.15, -0.1) is 11.3 Å². The number of nitrogens with zero attached hydrogens (tertiary/aromatic N) is 1. The van der Waals surface area contributed by atoms with Crippen LogP contribution in [0, 0.1) is 13.8 Å². The van der Waals surface area contributed by atoms with Crippen LogP contribution in [0.4, 0.5) is 0 Å². The molecule has 4 nitrogen and oxygen atoms in total. The maximum Gasteiger partial charge on any atom is 0.202 e. The molecule has 0 saturated carbocycles. The molecule has 140 valence electrons. The van der Waals surface area contributed by atoms with E-state index in [9.17, 15) is 9.59 Å². The van der Waals surface area contributed by atoms with Gasteiger partial charge in [-0.3, -0.25) is 9.59 Å². The van der Waals surface area contributed by atoms with Crippen LogP contribution in [0.15, 0.2) is 47.8 Å². The number of Topliss-reactive ketones (excluding diaryl/α,β-unsaturated/α-hetero) is 2. The monoisotopic (exact) mass is 381 g/mol. The molecule has 5 heteroatoms. The number of hydrogen-bond donors (Lipinski definition) is 0. The summed E-state index contributed by atoms with van der Waals surface area (Å²) in [7, 11) is 0. The highest BCUT2D eigenvalue weighted by atomic mass is 32.1. The number of rotatable bonds is 8. The van der Waals surface area contributed by atoms with Crippen LogP contribution in [0.2, 0.25) is 0 Å². The Morgan fingerprint density at radius 1 is 1.11 bits per heavy atom. The molecule has 0 aliphatic rings. The number of carbonyl (C=O) groups is 2. The van der Waals surface area contributed by atoms with Gasteiger partial charge in [0.25, 0.3) is 0 Å². The first kappa shape index (κ1) is 19.1. The van der Waals surface area contributed by atoms with Crippen LogP contribution >= 0.6 is 11.3 Å². The van der Waals surface area contributed by atoms with Gasteiger partial charge in [-0.2, -0.15) is 0 Å². The summed E-state index contributed by atoms with van der Waals surface area (Å²) in [5.74, 6) is 0.550. The van der Waals surface area contributed by atoms with Gasteiger partial charge in [0.05, 0.1) is 0 Å². The van der Waals surface area contributed by atoms with E-state index in [-0.39, 0.29) is 18.2 Å². The Labute approximate surface area is 163 Å². The largest absolute Gasteiger partial charge is 0.485 e. The van der Waals surface area contributed by atoms with E-state index in [0.717, 1.165) is 24.4 Å². The van der Waals surface area contributed by atoms with Crippen LogP contribution in [0.1, 0.15) is 43.9 Å². The lowest BCUT2D eigenvalue weighted by molar-refractivity contribution is 0.0919. The second kappa shape index (κ2) is 8.35. The van der Waals surface area contributed by atoms with Gasteiger partial charge in [-0.05, 0) is 69.0 Å². The number of benzene rings is 1. The Morgan fingerprint density at radius 3 is 2.48 bits per heavy atom. The van der Waals surface area contributed by atoms with Crippen LogP contribution in [0.25, 0.3) is 0 Å². The molecule has 0 aliphatic heterocycles. The summed E-state index contributed by atoms with van der Waals surface area (Å²) in [6, 6.07) is 13.0. The van der Waals surface area contributed by atoms with Gasteiger partial charge in [0.2, 0.25) is 5.78 Å². The minimum Gasteiger partial charge on any atom is -0.485 e. The fraction of sp³-hybridized carbons (Fsp3) is 0.273. The Bertz CT molecular complexity index is 937. The van der Waals surface area contributed by atoms with Gasteiger partial charge in [0.15, 0.2) is 12.4 Å². The lowest BCUT2D eigenvalue weighted by atomic mass is 10.1.